The summed E-state index contributed by atoms with van der Waals surface area (Å²) in [5.41, 5.74) is 0.717. The van der Waals surface area contributed by atoms with Crippen molar-refractivity contribution in [2.75, 3.05) is 18.4 Å². The summed E-state index contributed by atoms with van der Waals surface area (Å²) < 4.78 is 0. The first-order valence-corrected chi connectivity index (χ1v) is 8.74. The van der Waals surface area contributed by atoms with Gasteiger partial charge >= 0.3 is 0 Å². The van der Waals surface area contributed by atoms with Gasteiger partial charge < -0.3 is 10.6 Å². The Hall–Kier alpha value is -2.86. The lowest BCUT2D eigenvalue weighted by atomic mass is 10.1. The van der Waals surface area contributed by atoms with Crippen LogP contribution >= 0.6 is 11.6 Å². The molecule has 26 heavy (non-hydrogen) atoms. The van der Waals surface area contributed by atoms with Crippen molar-refractivity contribution < 1.29 is 4.79 Å². The van der Waals surface area contributed by atoms with Gasteiger partial charge in [0, 0.05) is 23.5 Å². The number of amides is 1. The zero-order valence-corrected chi connectivity index (χ0v) is 14.8. The van der Waals surface area contributed by atoms with Crippen molar-refractivity contribution in [3.63, 3.8) is 0 Å². The first kappa shape index (κ1) is 17.9. The second kappa shape index (κ2) is 8.49. The first-order chi connectivity index (χ1) is 12.6. The second-order valence-electron chi connectivity index (χ2n) is 5.88. The lowest BCUT2D eigenvalue weighted by Crippen LogP contribution is -2.27. The summed E-state index contributed by atoms with van der Waals surface area (Å²) in [5.74, 6) is 0.604. The summed E-state index contributed by atoms with van der Waals surface area (Å²) in [6, 6.07) is 14.5. The number of aromatic amines is 1. The van der Waals surface area contributed by atoms with Gasteiger partial charge in [-0.25, -0.2) is 5.10 Å². The van der Waals surface area contributed by atoms with E-state index in [1.807, 2.05) is 30.3 Å². The average Bonchev–Trinajstić information content (AvgIpc) is 2.65. The van der Waals surface area contributed by atoms with Gasteiger partial charge in [0.15, 0.2) is 5.82 Å². The van der Waals surface area contributed by atoms with Crippen molar-refractivity contribution in [2.24, 2.45) is 0 Å². The summed E-state index contributed by atoms with van der Waals surface area (Å²) >= 11 is 5.83. The van der Waals surface area contributed by atoms with Crippen LogP contribution < -0.4 is 16.2 Å². The maximum atomic E-state index is 11.9. The molecule has 3 aromatic rings. The third-order valence-corrected chi connectivity index (χ3v) is 4.19. The minimum absolute atomic E-state index is 0.0278. The topological polar surface area (TPSA) is 86.9 Å². The molecule has 0 aliphatic rings. The number of halogens is 1. The van der Waals surface area contributed by atoms with E-state index in [2.05, 4.69) is 20.8 Å². The predicted octanol–water partition coefficient (Wildman–Crippen LogP) is 2.74. The van der Waals surface area contributed by atoms with Crippen LogP contribution in [0.25, 0.3) is 10.8 Å². The summed E-state index contributed by atoms with van der Waals surface area (Å²) in [6.07, 6.45) is 1.07. The number of hydrogen-bond acceptors (Lipinski definition) is 4. The van der Waals surface area contributed by atoms with E-state index in [4.69, 9.17) is 11.6 Å². The number of carbonyl (C=O) groups excluding carboxylic acids is 1. The average molecular weight is 371 g/mol. The summed E-state index contributed by atoms with van der Waals surface area (Å²) in [5, 5.41) is 14.7. The minimum atomic E-state index is -0.208. The first-order valence-electron chi connectivity index (χ1n) is 8.36. The van der Waals surface area contributed by atoms with Gasteiger partial charge in [0.1, 0.15) is 0 Å². The Morgan fingerprint density at radius 3 is 2.54 bits per heavy atom. The van der Waals surface area contributed by atoms with Gasteiger partial charge in [-0.1, -0.05) is 41.9 Å². The van der Waals surface area contributed by atoms with Gasteiger partial charge in [0.05, 0.1) is 11.8 Å². The van der Waals surface area contributed by atoms with E-state index in [1.54, 1.807) is 18.2 Å². The van der Waals surface area contributed by atoms with Crippen LogP contribution in [-0.2, 0) is 11.2 Å². The molecule has 2 aromatic carbocycles. The highest BCUT2D eigenvalue weighted by Gasteiger charge is 2.06. The van der Waals surface area contributed by atoms with Crippen LogP contribution in [0.4, 0.5) is 5.82 Å². The number of carbonyl (C=O) groups is 1. The van der Waals surface area contributed by atoms with Crippen molar-refractivity contribution in [3.05, 3.63) is 69.5 Å². The van der Waals surface area contributed by atoms with Crippen LogP contribution in [0, 0.1) is 0 Å². The number of nitrogens with zero attached hydrogens (tertiary/aromatic N) is 1. The van der Waals surface area contributed by atoms with Gasteiger partial charge in [-0.3, -0.25) is 9.59 Å². The molecule has 0 atom stereocenters. The van der Waals surface area contributed by atoms with Crippen molar-refractivity contribution >= 4 is 34.1 Å². The molecule has 3 N–H and O–H groups in total. The summed E-state index contributed by atoms with van der Waals surface area (Å²) in [4.78, 5) is 23.7. The van der Waals surface area contributed by atoms with Crippen molar-refractivity contribution in [3.8, 4) is 0 Å². The molecule has 3 rings (SSSR count). The fourth-order valence-corrected chi connectivity index (χ4v) is 2.75. The van der Waals surface area contributed by atoms with Gasteiger partial charge in [0.2, 0.25) is 5.91 Å². The number of nitrogens with one attached hydrogen (secondary N) is 3. The number of rotatable bonds is 7. The van der Waals surface area contributed by atoms with Gasteiger partial charge in [-0.2, -0.15) is 5.10 Å². The molecule has 0 radical (unpaired) electrons. The molecule has 6 nitrogen and oxygen atoms in total. The molecule has 7 heteroatoms. The fraction of sp³-hybridized carbons (Fsp3) is 0.211. The van der Waals surface area contributed by atoms with Crippen molar-refractivity contribution in [2.45, 2.75) is 12.8 Å². The number of H-pyrrole nitrogens is 1. The molecule has 0 unspecified atom stereocenters. The fourth-order valence-electron chi connectivity index (χ4n) is 2.62. The van der Waals surface area contributed by atoms with E-state index in [0.29, 0.717) is 35.7 Å². The van der Waals surface area contributed by atoms with Crippen LogP contribution in [0.1, 0.15) is 12.0 Å². The van der Waals surface area contributed by atoms with E-state index < -0.39 is 0 Å². The van der Waals surface area contributed by atoms with E-state index in [1.165, 1.54) is 0 Å². The highest BCUT2D eigenvalue weighted by molar-refractivity contribution is 6.30. The summed E-state index contributed by atoms with van der Waals surface area (Å²) in [7, 11) is 0. The van der Waals surface area contributed by atoms with Crippen LogP contribution in [0.15, 0.2) is 53.3 Å². The van der Waals surface area contributed by atoms with E-state index in [-0.39, 0.29) is 11.5 Å². The maximum Gasteiger partial charge on any atom is 0.272 e. The number of aromatic nitrogens is 2. The third kappa shape index (κ3) is 4.61. The number of hydrogen-bond donors (Lipinski definition) is 3. The SMILES string of the molecule is O=C(Cc1ccc(Cl)cc1)NCCCNc1n[nH]c(=O)c2ccccc12. The molecule has 0 saturated heterocycles. The Labute approximate surface area is 155 Å². The molecule has 0 fully saturated rings. The zero-order chi connectivity index (χ0) is 18.4. The standard InChI is InChI=1S/C19H19ClN4O2/c20-14-8-6-13(7-9-14)12-17(25)21-10-3-11-22-18-15-4-1-2-5-16(15)19(26)24-23-18/h1-2,4-9H,3,10-12H2,(H,21,25)(H,22,23)(H,24,26). The van der Waals surface area contributed by atoms with Crippen LogP contribution in [0.5, 0.6) is 0 Å². The largest absolute Gasteiger partial charge is 0.368 e. The monoisotopic (exact) mass is 370 g/mol. The minimum Gasteiger partial charge on any atom is -0.368 e. The lowest BCUT2D eigenvalue weighted by molar-refractivity contribution is -0.120. The molecular weight excluding hydrogens is 352 g/mol. The Morgan fingerprint density at radius 1 is 1.04 bits per heavy atom. The normalized spacial score (nSPS) is 10.7. The molecule has 1 amide bonds. The molecule has 0 spiro atoms. The Bertz CT molecular complexity index is 954. The van der Waals surface area contributed by atoms with Crippen molar-refractivity contribution in [1.29, 1.82) is 0 Å². The highest BCUT2D eigenvalue weighted by Crippen LogP contribution is 2.16. The van der Waals surface area contributed by atoms with E-state index >= 15 is 0 Å². The second-order valence-corrected chi connectivity index (χ2v) is 6.32. The molecular formula is C19H19ClN4O2. The number of fused-ring (bicyclic) bond motifs is 1. The zero-order valence-electron chi connectivity index (χ0n) is 14.1. The smallest absolute Gasteiger partial charge is 0.272 e. The highest BCUT2D eigenvalue weighted by atomic mass is 35.5. The molecule has 0 aliphatic carbocycles. The van der Waals surface area contributed by atoms with Crippen LogP contribution in [-0.4, -0.2) is 29.2 Å². The molecule has 134 valence electrons. The maximum absolute atomic E-state index is 11.9. The number of benzene rings is 2. The van der Waals surface area contributed by atoms with Gasteiger partial charge in [-0.05, 0) is 30.2 Å². The predicted molar refractivity (Wildman–Crippen MR) is 104 cm³/mol. The lowest BCUT2D eigenvalue weighted by Gasteiger charge is -2.09. The van der Waals surface area contributed by atoms with Gasteiger partial charge in [-0.15, -0.1) is 0 Å². The number of anilines is 1. The Balaban J connectivity index is 1.45. The van der Waals surface area contributed by atoms with Crippen molar-refractivity contribution in [1.82, 2.24) is 15.5 Å². The Kier molecular flexibility index (Phi) is 5.86. The summed E-state index contributed by atoms with van der Waals surface area (Å²) in [6.45, 7) is 1.19. The molecule has 0 bridgehead atoms. The molecule has 1 aromatic heterocycles. The Morgan fingerprint density at radius 2 is 1.77 bits per heavy atom. The quantitative estimate of drug-likeness (QED) is 0.558. The van der Waals surface area contributed by atoms with E-state index in [9.17, 15) is 9.59 Å². The van der Waals surface area contributed by atoms with Gasteiger partial charge in [0.25, 0.3) is 5.56 Å². The van der Waals surface area contributed by atoms with E-state index in [0.717, 1.165) is 17.4 Å². The molecule has 0 aliphatic heterocycles. The van der Waals surface area contributed by atoms with Crippen LogP contribution in [0.3, 0.4) is 0 Å². The molecule has 0 saturated carbocycles. The third-order valence-electron chi connectivity index (χ3n) is 3.94. The molecule has 1 heterocycles. The van der Waals surface area contributed by atoms with Crippen LogP contribution in [0.2, 0.25) is 5.02 Å².